The number of aromatic nitrogens is 1. The molecular weight excluding hydrogens is 428 g/mol. The van der Waals surface area contributed by atoms with Gasteiger partial charge in [-0.05, 0) is 55.0 Å². The first-order valence-electron chi connectivity index (χ1n) is 9.60. The largest absolute Gasteiger partial charge is 0.344 e. The molecule has 1 aliphatic carbocycles. The number of amides is 1. The maximum absolute atomic E-state index is 12.7. The van der Waals surface area contributed by atoms with Crippen LogP contribution in [0.3, 0.4) is 0 Å². The second-order valence-corrected chi connectivity index (χ2v) is 10.9. The zero-order valence-corrected chi connectivity index (χ0v) is 19.2. The number of allylic oxidation sites excluding steroid dienone is 3. The fourth-order valence-electron chi connectivity index (χ4n) is 2.95. The van der Waals surface area contributed by atoms with Gasteiger partial charge >= 0.3 is 0 Å². The highest BCUT2D eigenvalue weighted by Crippen LogP contribution is 2.30. The predicted octanol–water partition coefficient (Wildman–Crippen LogP) is 4.37. The molecule has 1 aliphatic rings. The minimum absolute atomic E-state index is 0.0534. The normalized spacial score (nSPS) is 15.4. The summed E-state index contributed by atoms with van der Waals surface area (Å²) < 4.78 is 33.1. The molecule has 0 aromatic carbocycles. The molecule has 1 aromatic rings. The van der Waals surface area contributed by atoms with Gasteiger partial charge in [0.1, 0.15) is 5.03 Å². The van der Waals surface area contributed by atoms with Gasteiger partial charge in [-0.2, -0.15) is 8.42 Å². The summed E-state index contributed by atoms with van der Waals surface area (Å²) in [6.07, 6.45) is 9.75. The molecule has 1 unspecified atom stereocenters. The summed E-state index contributed by atoms with van der Waals surface area (Å²) in [7, 11) is -0.0454. The van der Waals surface area contributed by atoms with Crippen LogP contribution in [0.25, 0.3) is 0 Å². The van der Waals surface area contributed by atoms with Crippen LogP contribution in [0, 0.1) is 0 Å². The number of hydrogen-bond donors (Lipinski definition) is 1. The van der Waals surface area contributed by atoms with Crippen molar-refractivity contribution in [3.8, 4) is 0 Å². The van der Waals surface area contributed by atoms with Crippen molar-refractivity contribution in [1.29, 1.82) is 0 Å². The Balaban J connectivity index is 1.85. The van der Waals surface area contributed by atoms with Crippen molar-refractivity contribution in [2.24, 2.45) is 0 Å². The fourth-order valence-corrected chi connectivity index (χ4v) is 5.92. The molecule has 0 spiro atoms. The van der Waals surface area contributed by atoms with E-state index in [0.717, 1.165) is 24.3 Å². The average molecular weight is 457 g/mol. The lowest BCUT2D eigenvalue weighted by Gasteiger charge is -2.23. The van der Waals surface area contributed by atoms with Gasteiger partial charge in [0.05, 0.1) is 0 Å². The topological polar surface area (TPSA) is 87.6 Å². The van der Waals surface area contributed by atoms with Crippen molar-refractivity contribution in [3.05, 3.63) is 47.7 Å². The Morgan fingerprint density at radius 1 is 1.28 bits per heavy atom. The standard InChI is InChI=1S/C20H28N2O4S3/c1-3-16-7-9-17(10-8-16)11-14-22(2)20(23)18(29(24,25)26)12-15-27-28-19-6-4-5-13-21-19/h4-7,9,13,18H,3,8,10-12,14-15H2,1-2H3,(H,24,25,26). The van der Waals surface area contributed by atoms with Crippen molar-refractivity contribution in [1.82, 2.24) is 9.88 Å². The van der Waals surface area contributed by atoms with Crippen LogP contribution >= 0.6 is 21.6 Å². The second-order valence-electron chi connectivity index (χ2n) is 6.88. The van der Waals surface area contributed by atoms with E-state index in [9.17, 15) is 17.8 Å². The van der Waals surface area contributed by atoms with Crippen molar-refractivity contribution in [3.63, 3.8) is 0 Å². The highest BCUT2D eigenvalue weighted by Gasteiger charge is 2.33. The van der Waals surface area contributed by atoms with Crippen molar-refractivity contribution < 1.29 is 17.8 Å². The van der Waals surface area contributed by atoms with E-state index in [1.165, 1.54) is 37.6 Å². The SMILES string of the molecule is CCC1=CC=C(CCN(C)C(=O)C(CCSSc2ccccn2)S(=O)(=O)O)CC1. The Bertz CT molecular complexity index is 839. The van der Waals surface area contributed by atoms with Gasteiger partial charge in [-0.25, -0.2) is 4.98 Å². The number of carbonyl (C=O) groups excluding carboxylic acids is 1. The minimum atomic E-state index is -4.46. The van der Waals surface area contributed by atoms with Crippen molar-refractivity contribution in [2.75, 3.05) is 19.3 Å². The molecule has 160 valence electrons. The third-order valence-corrected chi connectivity index (χ3v) is 8.26. The molecule has 0 saturated carbocycles. The van der Waals surface area contributed by atoms with Gasteiger partial charge in [-0.15, -0.1) is 0 Å². The summed E-state index contributed by atoms with van der Waals surface area (Å²) in [5, 5.41) is -0.623. The molecular formula is C20H28N2O4S3. The first kappa shape index (κ1) is 24.0. The number of carbonyl (C=O) groups is 1. The molecule has 29 heavy (non-hydrogen) atoms. The first-order chi connectivity index (χ1) is 13.8. The third kappa shape index (κ3) is 8.16. The van der Waals surface area contributed by atoms with Gasteiger partial charge in [0.2, 0.25) is 5.91 Å². The Kier molecular flexibility index (Phi) is 9.74. The maximum atomic E-state index is 12.7. The second kappa shape index (κ2) is 11.8. The molecule has 1 atom stereocenters. The van der Waals surface area contributed by atoms with E-state index in [2.05, 4.69) is 24.1 Å². The molecule has 2 rings (SSSR count). The van der Waals surface area contributed by atoms with E-state index < -0.39 is 21.3 Å². The summed E-state index contributed by atoms with van der Waals surface area (Å²) in [5.74, 6) is -0.154. The lowest BCUT2D eigenvalue weighted by molar-refractivity contribution is -0.129. The summed E-state index contributed by atoms with van der Waals surface area (Å²) in [6.45, 7) is 2.57. The van der Waals surface area contributed by atoms with E-state index in [1.54, 1.807) is 13.2 Å². The Morgan fingerprint density at radius 3 is 2.59 bits per heavy atom. The fraction of sp³-hybridized carbons (Fsp3) is 0.500. The van der Waals surface area contributed by atoms with Gasteiger partial charge in [0.15, 0.2) is 5.25 Å². The number of hydrogen-bond acceptors (Lipinski definition) is 6. The van der Waals surface area contributed by atoms with Gasteiger partial charge < -0.3 is 4.90 Å². The summed E-state index contributed by atoms with van der Waals surface area (Å²) in [5.41, 5.74) is 2.68. The quantitative estimate of drug-likeness (QED) is 0.300. The summed E-state index contributed by atoms with van der Waals surface area (Å²) in [4.78, 5) is 18.2. The molecule has 0 saturated heterocycles. The summed E-state index contributed by atoms with van der Waals surface area (Å²) in [6, 6.07) is 5.55. The van der Waals surface area contributed by atoms with Crippen molar-refractivity contribution >= 4 is 37.6 Å². The molecule has 1 aromatic heterocycles. The number of rotatable bonds is 11. The smallest absolute Gasteiger partial charge is 0.276 e. The summed E-state index contributed by atoms with van der Waals surface area (Å²) >= 11 is 0. The monoisotopic (exact) mass is 456 g/mol. The molecule has 0 fully saturated rings. The van der Waals surface area contributed by atoms with E-state index in [1.807, 2.05) is 18.2 Å². The molecule has 1 heterocycles. The van der Waals surface area contributed by atoms with E-state index in [-0.39, 0.29) is 6.42 Å². The van der Waals surface area contributed by atoms with Crippen LogP contribution in [-0.2, 0) is 14.9 Å². The average Bonchev–Trinajstić information content (AvgIpc) is 2.71. The highest BCUT2D eigenvalue weighted by atomic mass is 33.1. The number of nitrogens with zero attached hydrogens (tertiary/aromatic N) is 2. The van der Waals surface area contributed by atoms with Crippen LogP contribution in [0.1, 0.15) is 39.0 Å². The molecule has 0 aliphatic heterocycles. The predicted molar refractivity (Wildman–Crippen MR) is 120 cm³/mol. The van der Waals surface area contributed by atoms with E-state index in [4.69, 9.17) is 0 Å². The molecule has 9 heteroatoms. The lowest BCUT2D eigenvalue weighted by atomic mass is 9.95. The van der Waals surface area contributed by atoms with E-state index in [0.29, 0.717) is 18.7 Å². The van der Waals surface area contributed by atoms with Gasteiger partial charge in [0.25, 0.3) is 10.1 Å². The minimum Gasteiger partial charge on any atom is -0.344 e. The first-order valence-corrected chi connectivity index (χ1v) is 13.4. The van der Waals surface area contributed by atoms with Crippen molar-refractivity contribution in [2.45, 2.75) is 49.3 Å². The van der Waals surface area contributed by atoms with Gasteiger partial charge in [-0.1, -0.05) is 47.1 Å². The Morgan fingerprint density at radius 2 is 2.00 bits per heavy atom. The van der Waals surface area contributed by atoms with Gasteiger partial charge in [0, 0.05) is 25.5 Å². The molecule has 1 amide bonds. The van der Waals surface area contributed by atoms with Gasteiger partial charge in [-0.3, -0.25) is 9.35 Å². The molecule has 6 nitrogen and oxygen atoms in total. The van der Waals surface area contributed by atoms with Crippen LogP contribution in [0.15, 0.2) is 52.7 Å². The van der Waals surface area contributed by atoms with E-state index >= 15 is 0 Å². The molecule has 1 N–H and O–H groups in total. The zero-order valence-electron chi connectivity index (χ0n) is 16.8. The van der Waals surface area contributed by atoms with Crippen LogP contribution in [0.5, 0.6) is 0 Å². The third-order valence-electron chi connectivity index (χ3n) is 4.80. The Labute approximate surface area is 181 Å². The molecule has 0 radical (unpaired) electrons. The van der Waals surface area contributed by atoms with Crippen LogP contribution in [0.4, 0.5) is 0 Å². The Hall–Kier alpha value is -1.29. The highest BCUT2D eigenvalue weighted by molar-refractivity contribution is 8.76. The number of pyridine rings is 1. The van der Waals surface area contributed by atoms with Crippen LogP contribution < -0.4 is 0 Å². The molecule has 0 bridgehead atoms. The van der Waals surface area contributed by atoms with Crippen LogP contribution in [0.2, 0.25) is 0 Å². The zero-order chi connectivity index (χ0) is 21.3. The maximum Gasteiger partial charge on any atom is 0.276 e. The lowest BCUT2D eigenvalue weighted by Crippen LogP contribution is -2.41. The van der Waals surface area contributed by atoms with Crippen LogP contribution in [-0.4, -0.2) is 53.4 Å².